The van der Waals surface area contributed by atoms with E-state index in [1.165, 1.54) is 20.0 Å². The monoisotopic (exact) mass is 615 g/mol. The van der Waals surface area contributed by atoms with Gasteiger partial charge < -0.3 is 35.0 Å². The summed E-state index contributed by atoms with van der Waals surface area (Å²) in [6.45, 7) is 7.00. The number of aromatic amines is 1. The largest absolute Gasteiger partial charge is 0.379 e. The van der Waals surface area contributed by atoms with Crippen LogP contribution in [0.4, 0.5) is 8.78 Å². The zero-order chi connectivity index (χ0) is 31.9. The Balaban J connectivity index is 1.37. The lowest BCUT2D eigenvalue weighted by Gasteiger charge is -2.11. The molecule has 4 N–H and O–H groups in total. The molecule has 2 amide bonds. The van der Waals surface area contributed by atoms with Gasteiger partial charge in [-0.25, -0.2) is 8.78 Å². The van der Waals surface area contributed by atoms with E-state index in [1.807, 2.05) is 12.1 Å². The van der Waals surface area contributed by atoms with E-state index in [0.29, 0.717) is 65.0 Å². The fourth-order valence-electron chi connectivity index (χ4n) is 4.42. The van der Waals surface area contributed by atoms with Crippen molar-refractivity contribution in [2.24, 2.45) is 5.73 Å². The maximum atomic E-state index is 14.8. The molecule has 12 heteroatoms. The van der Waals surface area contributed by atoms with Crippen LogP contribution in [0.15, 0.2) is 42.6 Å². The van der Waals surface area contributed by atoms with Gasteiger partial charge in [0.2, 0.25) is 11.7 Å². The van der Waals surface area contributed by atoms with Gasteiger partial charge in [0.25, 0.3) is 5.91 Å². The second-order valence-corrected chi connectivity index (χ2v) is 9.91. The second-order valence-electron chi connectivity index (χ2n) is 9.91. The number of halogens is 2. The SMILES string of the molecule is CC(=O)NCCOCCOCCOCCOCCCc1ccc(C(=O)c2[nH]cc(C(N)=O)c2-c2c(F)ccc(F)c2C)cc1. The number of aryl methyl sites for hydroxylation is 1. The molecule has 0 aliphatic carbocycles. The highest BCUT2D eigenvalue weighted by atomic mass is 19.1. The smallest absolute Gasteiger partial charge is 0.250 e. The molecule has 0 saturated heterocycles. The number of nitrogens with two attached hydrogens (primary N) is 1. The van der Waals surface area contributed by atoms with Crippen molar-refractivity contribution in [3.05, 3.63) is 82.2 Å². The van der Waals surface area contributed by atoms with Crippen LogP contribution >= 0.6 is 0 Å². The maximum Gasteiger partial charge on any atom is 0.250 e. The number of carbonyl (C=O) groups is 3. The van der Waals surface area contributed by atoms with Crippen LogP contribution in [0.3, 0.4) is 0 Å². The maximum absolute atomic E-state index is 14.8. The topological polar surface area (TPSA) is 142 Å². The van der Waals surface area contributed by atoms with E-state index >= 15 is 0 Å². The number of amides is 2. The average molecular weight is 616 g/mol. The summed E-state index contributed by atoms with van der Waals surface area (Å²) in [6, 6.07) is 8.87. The van der Waals surface area contributed by atoms with Crippen LogP contribution in [0.2, 0.25) is 0 Å². The molecule has 0 unspecified atom stereocenters. The molecule has 44 heavy (non-hydrogen) atoms. The highest BCUT2D eigenvalue weighted by molar-refractivity contribution is 6.15. The number of hydrogen-bond acceptors (Lipinski definition) is 7. The molecule has 238 valence electrons. The molecule has 3 aromatic rings. The lowest BCUT2D eigenvalue weighted by atomic mass is 9.93. The third kappa shape index (κ3) is 10.3. The summed E-state index contributed by atoms with van der Waals surface area (Å²) in [5.41, 5.74) is 6.36. The van der Waals surface area contributed by atoms with Crippen molar-refractivity contribution in [1.82, 2.24) is 10.3 Å². The number of nitrogens with one attached hydrogen (secondary N) is 2. The van der Waals surface area contributed by atoms with Crippen LogP contribution in [0.5, 0.6) is 0 Å². The van der Waals surface area contributed by atoms with E-state index < -0.39 is 23.3 Å². The molecule has 0 fully saturated rings. The normalized spacial score (nSPS) is 11.1. The Morgan fingerprint density at radius 1 is 0.795 bits per heavy atom. The average Bonchev–Trinajstić information content (AvgIpc) is 3.44. The highest BCUT2D eigenvalue weighted by Crippen LogP contribution is 2.35. The van der Waals surface area contributed by atoms with Crippen LogP contribution in [0, 0.1) is 18.6 Å². The Labute approximate surface area is 255 Å². The molecule has 0 aliphatic heterocycles. The molecule has 1 aromatic heterocycles. The molecular weight excluding hydrogens is 576 g/mol. The van der Waals surface area contributed by atoms with Gasteiger partial charge in [-0.1, -0.05) is 24.3 Å². The summed E-state index contributed by atoms with van der Waals surface area (Å²) < 4.78 is 50.9. The predicted molar refractivity (Wildman–Crippen MR) is 160 cm³/mol. The van der Waals surface area contributed by atoms with Crippen molar-refractivity contribution in [3.8, 4) is 11.1 Å². The first-order chi connectivity index (χ1) is 21.2. The van der Waals surface area contributed by atoms with Gasteiger partial charge in [0.1, 0.15) is 11.6 Å². The third-order valence-electron chi connectivity index (χ3n) is 6.68. The lowest BCUT2D eigenvalue weighted by Crippen LogP contribution is -2.25. The van der Waals surface area contributed by atoms with Crippen molar-refractivity contribution in [2.75, 3.05) is 59.4 Å². The van der Waals surface area contributed by atoms with Gasteiger partial charge in [-0.3, -0.25) is 14.4 Å². The Hall–Kier alpha value is -3.97. The Kier molecular flexibility index (Phi) is 14.1. The molecule has 0 spiro atoms. The fraction of sp³-hybridized carbons (Fsp3) is 0.406. The molecule has 0 atom stereocenters. The minimum Gasteiger partial charge on any atom is -0.379 e. The summed E-state index contributed by atoms with van der Waals surface area (Å²) in [5.74, 6) is -2.88. The quantitative estimate of drug-likeness (QED) is 0.130. The van der Waals surface area contributed by atoms with Crippen molar-refractivity contribution in [2.45, 2.75) is 26.7 Å². The minimum absolute atomic E-state index is 0.0336. The first kappa shape index (κ1) is 34.5. The zero-order valence-corrected chi connectivity index (χ0v) is 25.0. The zero-order valence-electron chi connectivity index (χ0n) is 25.0. The lowest BCUT2D eigenvalue weighted by molar-refractivity contribution is -0.119. The molecule has 0 radical (unpaired) electrons. The molecule has 0 aliphatic rings. The number of aromatic nitrogens is 1. The Morgan fingerprint density at radius 3 is 1.95 bits per heavy atom. The number of ketones is 1. The van der Waals surface area contributed by atoms with Crippen LogP contribution in [-0.2, 0) is 30.2 Å². The first-order valence-corrected chi connectivity index (χ1v) is 14.4. The summed E-state index contributed by atoms with van der Waals surface area (Å²) >= 11 is 0. The number of rotatable bonds is 20. The van der Waals surface area contributed by atoms with E-state index in [2.05, 4.69) is 10.3 Å². The highest BCUT2D eigenvalue weighted by Gasteiger charge is 2.26. The molecule has 1 heterocycles. The molecule has 2 aromatic carbocycles. The van der Waals surface area contributed by atoms with Gasteiger partial charge in [0.15, 0.2) is 0 Å². The van der Waals surface area contributed by atoms with Crippen molar-refractivity contribution in [3.63, 3.8) is 0 Å². The standard InChI is InChI=1S/C32H39F2N3O7/c1-21-26(33)9-10-27(34)28(21)29-25(32(35)40)20-37-30(29)31(39)24-7-5-23(6-8-24)4-3-12-41-14-16-43-18-19-44-17-15-42-13-11-36-22(2)38/h5-10,20,37H,3-4,11-19H2,1-2H3,(H2,35,40)(H,36,38). The third-order valence-corrected chi connectivity index (χ3v) is 6.68. The summed E-state index contributed by atoms with van der Waals surface area (Å²) in [7, 11) is 0. The number of hydrogen-bond donors (Lipinski definition) is 3. The molecule has 10 nitrogen and oxygen atoms in total. The summed E-state index contributed by atoms with van der Waals surface area (Å²) in [6.07, 6.45) is 2.72. The summed E-state index contributed by atoms with van der Waals surface area (Å²) in [5, 5.41) is 2.64. The second kappa shape index (κ2) is 18.0. The van der Waals surface area contributed by atoms with Gasteiger partial charge in [-0.2, -0.15) is 0 Å². The van der Waals surface area contributed by atoms with Crippen LogP contribution in [0.25, 0.3) is 11.1 Å². The fourth-order valence-corrected chi connectivity index (χ4v) is 4.42. The van der Waals surface area contributed by atoms with E-state index in [-0.39, 0.29) is 33.9 Å². The van der Waals surface area contributed by atoms with Gasteiger partial charge in [-0.15, -0.1) is 0 Å². The Morgan fingerprint density at radius 2 is 1.36 bits per heavy atom. The molecule has 3 rings (SSSR count). The van der Waals surface area contributed by atoms with Crippen LogP contribution in [-0.4, -0.2) is 82.0 Å². The number of primary amides is 1. The van der Waals surface area contributed by atoms with E-state index in [0.717, 1.165) is 30.5 Å². The van der Waals surface area contributed by atoms with Crippen molar-refractivity contribution < 1.29 is 42.1 Å². The predicted octanol–water partition coefficient (Wildman–Crippen LogP) is 3.73. The molecule has 0 bridgehead atoms. The summed E-state index contributed by atoms with van der Waals surface area (Å²) in [4.78, 5) is 38.9. The number of H-pyrrole nitrogens is 1. The van der Waals surface area contributed by atoms with Gasteiger partial charge in [0, 0.05) is 43.0 Å². The van der Waals surface area contributed by atoms with E-state index in [9.17, 15) is 23.2 Å². The van der Waals surface area contributed by atoms with Crippen LogP contribution < -0.4 is 11.1 Å². The van der Waals surface area contributed by atoms with E-state index in [4.69, 9.17) is 24.7 Å². The Bertz CT molecular complexity index is 1390. The number of carbonyl (C=O) groups excluding carboxylic acids is 3. The molecule has 0 saturated carbocycles. The number of ether oxygens (including phenoxy) is 4. The van der Waals surface area contributed by atoms with Crippen molar-refractivity contribution in [1.29, 1.82) is 0 Å². The minimum atomic E-state index is -0.869. The van der Waals surface area contributed by atoms with E-state index in [1.54, 1.807) is 12.1 Å². The van der Waals surface area contributed by atoms with Gasteiger partial charge in [-0.05, 0) is 43.0 Å². The first-order valence-electron chi connectivity index (χ1n) is 14.4. The van der Waals surface area contributed by atoms with Crippen LogP contribution in [0.1, 0.15) is 50.9 Å². The van der Waals surface area contributed by atoms with Gasteiger partial charge in [0.05, 0.1) is 57.5 Å². The van der Waals surface area contributed by atoms with Gasteiger partial charge >= 0.3 is 0 Å². The number of benzene rings is 2. The molecular formula is C32H39F2N3O7. The van der Waals surface area contributed by atoms with Crippen molar-refractivity contribution >= 4 is 17.6 Å².